The van der Waals surface area contributed by atoms with Gasteiger partial charge in [-0.1, -0.05) is 29.8 Å². The third kappa shape index (κ3) is 5.23. The predicted octanol–water partition coefficient (Wildman–Crippen LogP) is 6.73. The van der Waals surface area contributed by atoms with Crippen LogP contribution in [-0.2, 0) is 6.61 Å². The van der Waals surface area contributed by atoms with Gasteiger partial charge in [-0.05, 0) is 82.6 Å². The first-order valence-corrected chi connectivity index (χ1v) is 9.97. The van der Waals surface area contributed by atoms with Gasteiger partial charge >= 0.3 is 0 Å². The van der Waals surface area contributed by atoms with Crippen LogP contribution >= 0.6 is 34.2 Å². The number of rotatable bonds is 6. The molecule has 3 rings (SSSR count). The highest BCUT2D eigenvalue weighted by Crippen LogP contribution is 2.34. The van der Waals surface area contributed by atoms with E-state index in [1.54, 1.807) is 25.5 Å². The molecule has 0 saturated carbocycles. The third-order valence-electron chi connectivity index (χ3n) is 4.07. The molecule has 0 amide bonds. The molecule has 0 N–H and O–H groups in total. The number of ether oxygens (including phenoxy) is 2. The van der Waals surface area contributed by atoms with E-state index in [-0.39, 0.29) is 5.82 Å². The van der Waals surface area contributed by atoms with Gasteiger partial charge < -0.3 is 9.47 Å². The first-order valence-electron chi connectivity index (χ1n) is 8.51. The van der Waals surface area contributed by atoms with Crippen molar-refractivity contribution in [3.63, 3.8) is 0 Å². The number of aliphatic imine (C=N–C) groups is 1. The van der Waals surface area contributed by atoms with Crippen molar-refractivity contribution in [3.05, 3.63) is 85.7 Å². The van der Waals surface area contributed by atoms with E-state index >= 15 is 0 Å². The topological polar surface area (TPSA) is 30.8 Å². The van der Waals surface area contributed by atoms with Gasteiger partial charge in [-0.25, -0.2) is 4.39 Å². The van der Waals surface area contributed by atoms with Gasteiger partial charge in [0.2, 0.25) is 0 Å². The maximum absolute atomic E-state index is 13.0. The summed E-state index contributed by atoms with van der Waals surface area (Å²) in [5.41, 5.74) is 3.55. The van der Waals surface area contributed by atoms with Crippen molar-refractivity contribution in [2.75, 3.05) is 7.11 Å². The van der Waals surface area contributed by atoms with E-state index in [0.29, 0.717) is 23.1 Å². The molecular formula is C22H18ClFINO2. The number of aryl methyl sites for hydroxylation is 1. The number of nitrogens with zero attached hydrogens (tertiary/aromatic N) is 1. The fraction of sp³-hybridized carbons (Fsp3) is 0.136. The minimum absolute atomic E-state index is 0.269. The van der Waals surface area contributed by atoms with Gasteiger partial charge in [-0.15, -0.1) is 0 Å². The summed E-state index contributed by atoms with van der Waals surface area (Å²) in [6, 6.07) is 15.7. The van der Waals surface area contributed by atoms with Crippen LogP contribution in [0.5, 0.6) is 11.5 Å². The number of hydrogen-bond donors (Lipinski definition) is 0. The molecule has 28 heavy (non-hydrogen) atoms. The summed E-state index contributed by atoms with van der Waals surface area (Å²) in [6.07, 6.45) is 1.76. The largest absolute Gasteiger partial charge is 0.493 e. The van der Waals surface area contributed by atoms with Crippen LogP contribution in [0.15, 0.2) is 59.6 Å². The van der Waals surface area contributed by atoms with Crippen molar-refractivity contribution in [1.82, 2.24) is 0 Å². The molecule has 0 bridgehead atoms. The maximum Gasteiger partial charge on any atom is 0.174 e. The third-order valence-corrected chi connectivity index (χ3v) is 5.27. The lowest BCUT2D eigenvalue weighted by Gasteiger charge is -2.13. The SMILES string of the molecule is COc1cc(C=Nc2ccc(C)c(Cl)c2)cc(I)c1OCc1ccc(F)cc1. The lowest BCUT2D eigenvalue weighted by atomic mass is 10.2. The summed E-state index contributed by atoms with van der Waals surface area (Å²) >= 11 is 8.35. The molecule has 0 spiro atoms. The van der Waals surface area contributed by atoms with Crippen molar-refractivity contribution < 1.29 is 13.9 Å². The Kier molecular flexibility index (Phi) is 6.91. The highest BCUT2D eigenvalue weighted by molar-refractivity contribution is 14.1. The van der Waals surface area contributed by atoms with E-state index < -0.39 is 0 Å². The van der Waals surface area contributed by atoms with E-state index in [2.05, 4.69) is 27.6 Å². The van der Waals surface area contributed by atoms with Gasteiger partial charge in [0.25, 0.3) is 0 Å². The van der Waals surface area contributed by atoms with E-state index in [0.717, 1.165) is 25.9 Å². The fourth-order valence-electron chi connectivity index (χ4n) is 2.50. The van der Waals surface area contributed by atoms with Gasteiger partial charge in [-0.2, -0.15) is 0 Å². The Hall–Kier alpha value is -2.12. The molecule has 0 fully saturated rings. The molecule has 144 valence electrons. The van der Waals surface area contributed by atoms with Crippen molar-refractivity contribution >= 4 is 46.1 Å². The molecule has 0 aliphatic heterocycles. The summed E-state index contributed by atoms with van der Waals surface area (Å²) < 4.78 is 25.3. The number of benzene rings is 3. The normalized spacial score (nSPS) is 11.0. The molecule has 3 aromatic carbocycles. The number of halogens is 3. The molecule has 0 radical (unpaired) electrons. The molecule has 0 heterocycles. The molecule has 6 heteroatoms. The van der Waals surface area contributed by atoms with Crippen LogP contribution in [0.1, 0.15) is 16.7 Å². The molecule has 0 saturated heterocycles. The van der Waals surface area contributed by atoms with Gasteiger partial charge in [-0.3, -0.25) is 4.99 Å². The zero-order chi connectivity index (χ0) is 20.1. The molecule has 0 aliphatic rings. The monoisotopic (exact) mass is 509 g/mol. The molecular weight excluding hydrogens is 492 g/mol. The Morgan fingerprint density at radius 1 is 1.11 bits per heavy atom. The lowest BCUT2D eigenvalue weighted by Crippen LogP contribution is -2.01. The van der Waals surface area contributed by atoms with Crippen LogP contribution in [0.2, 0.25) is 5.02 Å². The van der Waals surface area contributed by atoms with E-state index in [9.17, 15) is 4.39 Å². The predicted molar refractivity (Wildman–Crippen MR) is 120 cm³/mol. The quantitative estimate of drug-likeness (QED) is 0.272. The van der Waals surface area contributed by atoms with E-state index in [1.807, 2.05) is 37.3 Å². The first-order chi connectivity index (χ1) is 13.5. The van der Waals surface area contributed by atoms with E-state index in [1.165, 1.54) is 12.1 Å². The minimum atomic E-state index is -0.269. The summed E-state index contributed by atoms with van der Waals surface area (Å²) in [6.45, 7) is 2.27. The van der Waals surface area contributed by atoms with Gasteiger partial charge in [0, 0.05) is 11.2 Å². The van der Waals surface area contributed by atoms with Crippen LogP contribution in [-0.4, -0.2) is 13.3 Å². The Labute approximate surface area is 182 Å². The smallest absolute Gasteiger partial charge is 0.174 e. The molecule has 0 atom stereocenters. The summed E-state index contributed by atoms with van der Waals surface area (Å²) in [5.74, 6) is 0.981. The average molecular weight is 510 g/mol. The van der Waals surface area contributed by atoms with Crippen LogP contribution in [0.25, 0.3) is 0 Å². The summed E-state index contributed by atoms with van der Waals surface area (Å²) in [5, 5.41) is 0.686. The van der Waals surface area contributed by atoms with Crippen molar-refractivity contribution in [2.24, 2.45) is 4.99 Å². The molecule has 0 unspecified atom stereocenters. The van der Waals surface area contributed by atoms with E-state index in [4.69, 9.17) is 21.1 Å². The Morgan fingerprint density at radius 2 is 1.86 bits per heavy atom. The van der Waals surface area contributed by atoms with Crippen molar-refractivity contribution in [3.8, 4) is 11.5 Å². The maximum atomic E-state index is 13.0. The second kappa shape index (κ2) is 9.39. The number of hydrogen-bond acceptors (Lipinski definition) is 3. The highest BCUT2D eigenvalue weighted by Gasteiger charge is 2.11. The fourth-order valence-corrected chi connectivity index (χ4v) is 3.46. The zero-order valence-electron chi connectivity index (χ0n) is 15.4. The molecule has 3 nitrogen and oxygen atoms in total. The molecule has 0 aromatic heterocycles. The zero-order valence-corrected chi connectivity index (χ0v) is 18.3. The van der Waals surface area contributed by atoms with Gasteiger partial charge in [0.1, 0.15) is 12.4 Å². The standard InChI is InChI=1S/C22H18ClFINO2/c1-14-3-8-18(11-19(14)23)26-12-16-9-20(25)22(21(10-16)27-2)28-13-15-4-6-17(24)7-5-15/h3-12H,13H2,1-2H3. The first kappa shape index (κ1) is 20.6. The van der Waals surface area contributed by atoms with Crippen molar-refractivity contribution in [2.45, 2.75) is 13.5 Å². The van der Waals surface area contributed by atoms with Crippen LogP contribution < -0.4 is 9.47 Å². The van der Waals surface area contributed by atoms with Crippen molar-refractivity contribution in [1.29, 1.82) is 0 Å². The Morgan fingerprint density at radius 3 is 2.54 bits per heavy atom. The minimum Gasteiger partial charge on any atom is -0.493 e. The van der Waals surface area contributed by atoms with Gasteiger partial charge in [0.15, 0.2) is 11.5 Å². The molecule has 0 aliphatic carbocycles. The Balaban J connectivity index is 1.79. The number of methoxy groups -OCH3 is 1. The molecule has 3 aromatic rings. The summed E-state index contributed by atoms with van der Waals surface area (Å²) in [7, 11) is 1.59. The van der Waals surface area contributed by atoms with Gasteiger partial charge in [0.05, 0.1) is 16.4 Å². The lowest BCUT2D eigenvalue weighted by molar-refractivity contribution is 0.282. The van der Waals surface area contributed by atoms with Crippen LogP contribution in [0.3, 0.4) is 0 Å². The highest BCUT2D eigenvalue weighted by atomic mass is 127. The average Bonchev–Trinajstić information content (AvgIpc) is 2.69. The summed E-state index contributed by atoms with van der Waals surface area (Å²) in [4.78, 5) is 4.48. The Bertz CT molecular complexity index is 1010. The van der Waals surface area contributed by atoms with Crippen LogP contribution in [0.4, 0.5) is 10.1 Å². The second-order valence-electron chi connectivity index (χ2n) is 6.14. The second-order valence-corrected chi connectivity index (χ2v) is 7.71. The van der Waals surface area contributed by atoms with Crippen LogP contribution in [0, 0.1) is 16.3 Å².